The molecule has 0 aliphatic carbocycles. The first-order valence-electron chi connectivity index (χ1n) is 5.74. The summed E-state index contributed by atoms with van der Waals surface area (Å²) in [5, 5.41) is 16.9. The number of rotatable bonds is 5. The van der Waals surface area contributed by atoms with Gasteiger partial charge in [0.2, 0.25) is 0 Å². The Bertz CT molecular complexity index is 566. The van der Waals surface area contributed by atoms with Gasteiger partial charge in [0.1, 0.15) is 0 Å². The Labute approximate surface area is 111 Å². The van der Waals surface area contributed by atoms with E-state index in [0.717, 1.165) is 18.2 Å². The van der Waals surface area contributed by atoms with Crippen molar-refractivity contribution in [3.8, 4) is 5.75 Å². The van der Waals surface area contributed by atoms with Crippen LogP contribution in [0.3, 0.4) is 0 Å². The van der Waals surface area contributed by atoms with Gasteiger partial charge in [-0.3, -0.25) is 10.1 Å². The molecule has 0 amide bonds. The van der Waals surface area contributed by atoms with Crippen LogP contribution in [0, 0.1) is 10.1 Å². The van der Waals surface area contributed by atoms with Gasteiger partial charge in [0.25, 0.3) is 0 Å². The van der Waals surface area contributed by atoms with Crippen LogP contribution in [-0.2, 0) is 5.66 Å². The van der Waals surface area contributed by atoms with Gasteiger partial charge in [-0.1, -0.05) is 6.92 Å². The van der Waals surface area contributed by atoms with Crippen molar-refractivity contribution < 1.29 is 22.8 Å². The summed E-state index contributed by atoms with van der Waals surface area (Å²) in [4.78, 5) is 10.1. The van der Waals surface area contributed by atoms with Crippen LogP contribution < -0.4 is 4.74 Å². The highest BCUT2D eigenvalue weighted by Crippen LogP contribution is 2.53. The van der Waals surface area contributed by atoms with E-state index in [1.807, 2.05) is 0 Å². The summed E-state index contributed by atoms with van der Waals surface area (Å²) in [6.07, 6.45) is -4.09. The Balaban J connectivity index is 2.39. The first-order valence-corrected chi connectivity index (χ1v) is 5.74. The van der Waals surface area contributed by atoms with Gasteiger partial charge >= 0.3 is 17.5 Å². The van der Waals surface area contributed by atoms with Crippen molar-refractivity contribution in [1.29, 1.82) is 0 Å². The summed E-state index contributed by atoms with van der Waals surface area (Å²) in [6.45, 7) is 2.04. The molecule has 0 bridgehead atoms. The van der Waals surface area contributed by atoms with Crippen molar-refractivity contribution in [3.05, 3.63) is 33.9 Å². The third-order valence-electron chi connectivity index (χ3n) is 2.72. The van der Waals surface area contributed by atoms with E-state index in [4.69, 9.17) is 4.74 Å². The molecular formula is C11H10F3N3O3. The number of ether oxygens (including phenoxy) is 1. The molecule has 0 atom stereocenters. The number of alkyl halides is 3. The van der Waals surface area contributed by atoms with E-state index in [2.05, 4.69) is 10.2 Å². The number of benzene rings is 1. The molecule has 0 N–H and O–H groups in total. The molecule has 9 heteroatoms. The van der Waals surface area contributed by atoms with Crippen LogP contribution in [-0.4, -0.2) is 17.7 Å². The van der Waals surface area contributed by atoms with E-state index in [-0.39, 0.29) is 17.9 Å². The molecule has 1 aromatic rings. The van der Waals surface area contributed by atoms with Gasteiger partial charge in [-0.05, 0) is 18.6 Å². The van der Waals surface area contributed by atoms with E-state index in [1.54, 1.807) is 6.92 Å². The number of hydrogen-bond acceptors (Lipinski definition) is 5. The van der Waals surface area contributed by atoms with Crippen molar-refractivity contribution in [2.24, 2.45) is 10.2 Å². The molecule has 0 aromatic heterocycles. The van der Waals surface area contributed by atoms with Gasteiger partial charge in [0.05, 0.1) is 11.5 Å². The molecule has 1 heterocycles. The van der Waals surface area contributed by atoms with Crippen LogP contribution in [0.15, 0.2) is 28.4 Å². The summed E-state index contributed by atoms with van der Waals surface area (Å²) >= 11 is 0. The second-order valence-corrected chi connectivity index (χ2v) is 4.16. The van der Waals surface area contributed by atoms with E-state index >= 15 is 0 Å². The van der Waals surface area contributed by atoms with E-state index in [0.29, 0.717) is 6.42 Å². The zero-order valence-corrected chi connectivity index (χ0v) is 10.3. The fraction of sp³-hybridized carbons (Fsp3) is 0.455. The predicted octanol–water partition coefficient (Wildman–Crippen LogP) is 3.56. The summed E-state index contributed by atoms with van der Waals surface area (Å²) in [5.74, 6) is -0.0708. The Morgan fingerprint density at radius 1 is 1.40 bits per heavy atom. The lowest BCUT2D eigenvalue weighted by atomic mass is 10.0. The van der Waals surface area contributed by atoms with Crippen molar-refractivity contribution in [1.82, 2.24) is 0 Å². The van der Waals surface area contributed by atoms with Crippen LogP contribution in [0.2, 0.25) is 0 Å². The fourth-order valence-corrected chi connectivity index (χ4v) is 1.65. The summed E-state index contributed by atoms with van der Waals surface area (Å²) < 4.78 is 43.6. The third kappa shape index (κ3) is 2.30. The van der Waals surface area contributed by atoms with Crippen molar-refractivity contribution in [2.75, 3.05) is 6.61 Å². The maximum Gasteiger partial charge on any atom is 0.442 e. The topological polar surface area (TPSA) is 77.1 Å². The molecule has 1 aliphatic heterocycles. The molecule has 0 unspecified atom stereocenters. The highest BCUT2D eigenvalue weighted by Gasteiger charge is 2.65. The van der Waals surface area contributed by atoms with E-state index in [1.165, 1.54) is 0 Å². The van der Waals surface area contributed by atoms with Crippen LogP contribution in [0.25, 0.3) is 0 Å². The van der Waals surface area contributed by atoms with Gasteiger partial charge in [0, 0.05) is 11.6 Å². The van der Waals surface area contributed by atoms with Crippen LogP contribution in [0.5, 0.6) is 5.75 Å². The van der Waals surface area contributed by atoms with Gasteiger partial charge in [-0.2, -0.15) is 13.2 Å². The molecule has 1 aliphatic rings. The molecule has 2 rings (SSSR count). The zero-order chi connectivity index (χ0) is 15.0. The quantitative estimate of drug-likeness (QED) is 0.614. The minimum atomic E-state index is -4.72. The highest BCUT2D eigenvalue weighted by atomic mass is 19.4. The number of nitro groups is 1. The Hall–Kier alpha value is -2.19. The predicted molar refractivity (Wildman–Crippen MR) is 61.5 cm³/mol. The Kier molecular flexibility index (Phi) is 3.36. The van der Waals surface area contributed by atoms with Crippen molar-refractivity contribution >= 4 is 5.69 Å². The van der Waals surface area contributed by atoms with Gasteiger partial charge < -0.3 is 4.74 Å². The van der Waals surface area contributed by atoms with Gasteiger partial charge in [0.15, 0.2) is 5.75 Å². The monoisotopic (exact) mass is 289 g/mol. The molecular weight excluding hydrogens is 279 g/mol. The van der Waals surface area contributed by atoms with Crippen LogP contribution in [0.1, 0.15) is 18.9 Å². The average Bonchev–Trinajstić information content (AvgIpc) is 3.16. The average molecular weight is 289 g/mol. The normalized spacial score (nSPS) is 16.0. The standard InChI is InChI=1S/C11H10F3N3O3/c1-2-5-20-9-4-3-7(6-8(9)17(18)19)10(15-16-10)11(12,13)14/h3-4,6H,2,5H2,1H3. The molecule has 0 radical (unpaired) electrons. The fourth-order valence-electron chi connectivity index (χ4n) is 1.65. The maximum atomic E-state index is 12.8. The smallest absolute Gasteiger partial charge is 0.442 e. The lowest BCUT2D eigenvalue weighted by Gasteiger charge is -2.15. The van der Waals surface area contributed by atoms with Crippen LogP contribution >= 0.6 is 0 Å². The SMILES string of the molecule is CCCOc1ccc(C2(C(F)(F)F)N=N2)cc1[N+](=O)[O-]. The first-order chi connectivity index (χ1) is 9.32. The molecule has 0 saturated carbocycles. The lowest BCUT2D eigenvalue weighted by Crippen LogP contribution is -2.30. The number of halogens is 3. The highest BCUT2D eigenvalue weighted by molar-refractivity contribution is 5.51. The molecule has 0 spiro atoms. The minimum Gasteiger partial charge on any atom is -0.487 e. The first kappa shape index (κ1) is 14.2. The van der Waals surface area contributed by atoms with E-state index < -0.39 is 22.4 Å². The molecule has 0 saturated heterocycles. The molecule has 108 valence electrons. The lowest BCUT2D eigenvalue weighted by molar-refractivity contribution is -0.386. The number of nitro benzene ring substituents is 1. The van der Waals surface area contributed by atoms with E-state index in [9.17, 15) is 23.3 Å². The van der Waals surface area contributed by atoms with Crippen molar-refractivity contribution in [2.45, 2.75) is 25.2 Å². The molecule has 20 heavy (non-hydrogen) atoms. The summed E-state index contributed by atoms with van der Waals surface area (Å²) in [6, 6.07) is 3.03. The van der Waals surface area contributed by atoms with Gasteiger partial charge in [-0.15, -0.1) is 10.2 Å². The minimum absolute atomic E-state index is 0.0708. The largest absolute Gasteiger partial charge is 0.487 e. The molecule has 6 nitrogen and oxygen atoms in total. The second kappa shape index (κ2) is 4.73. The second-order valence-electron chi connectivity index (χ2n) is 4.16. The number of hydrogen-bond donors (Lipinski definition) is 0. The number of nitrogens with zero attached hydrogens (tertiary/aromatic N) is 3. The third-order valence-corrected chi connectivity index (χ3v) is 2.72. The zero-order valence-electron chi connectivity index (χ0n) is 10.3. The Morgan fingerprint density at radius 3 is 2.50 bits per heavy atom. The summed E-state index contributed by atoms with van der Waals surface area (Å²) in [5.41, 5.74) is -3.58. The maximum absolute atomic E-state index is 12.8. The summed E-state index contributed by atoms with van der Waals surface area (Å²) in [7, 11) is 0. The van der Waals surface area contributed by atoms with Gasteiger partial charge in [-0.25, -0.2) is 0 Å². The Morgan fingerprint density at radius 2 is 2.05 bits per heavy atom. The van der Waals surface area contributed by atoms with Crippen LogP contribution in [0.4, 0.5) is 18.9 Å². The molecule has 1 aromatic carbocycles. The molecule has 0 fully saturated rings. The van der Waals surface area contributed by atoms with Crippen molar-refractivity contribution in [3.63, 3.8) is 0 Å².